The molecule has 2 aromatic heterocycles. The van der Waals surface area contributed by atoms with Crippen LogP contribution >= 0.6 is 0 Å². The molecule has 7 heteroatoms. The molecule has 1 saturated carbocycles. The molecule has 3 heterocycles. The van der Waals surface area contributed by atoms with E-state index in [1.807, 2.05) is 12.3 Å². The van der Waals surface area contributed by atoms with Crippen molar-refractivity contribution in [3.8, 4) is 0 Å². The van der Waals surface area contributed by atoms with E-state index in [9.17, 15) is 9.59 Å². The molecule has 0 bridgehead atoms. The summed E-state index contributed by atoms with van der Waals surface area (Å²) in [7, 11) is 0. The van der Waals surface area contributed by atoms with Crippen molar-refractivity contribution in [2.24, 2.45) is 17.1 Å². The third-order valence-electron chi connectivity index (χ3n) is 6.65. The number of rotatable bonds is 4. The predicted molar refractivity (Wildman–Crippen MR) is 105 cm³/mol. The van der Waals surface area contributed by atoms with E-state index in [0.717, 1.165) is 30.5 Å². The number of amides is 2. The number of anilines is 2. The monoisotopic (exact) mass is 369 g/mol. The van der Waals surface area contributed by atoms with Crippen molar-refractivity contribution >= 4 is 28.7 Å². The number of primary amides is 1. The summed E-state index contributed by atoms with van der Waals surface area (Å²) >= 11 is 0. The Kier molecular flexibility index (Phi) is 4.13. The van der Waals surface area contributed by atoms with E-state index < -0.39 is 5.91 Å². The quantitative estimate of drug-likeness (QED) is 0.867. The smallest absolute Gasteiger partial charge is 0.252 e. The lowest BCUT2D eigenvalue weighted by molar-refractivity contribution is -0.117. The van der Waals surface area contributed by atoms with E-state index in [1.54, 1.807) is 9.42 Å². The first-order valence-electron chi connectivity index (χ1n) is 9.67. The third-order valence-corrected chi connectivity index (χ3v) is 6.65. The van der Waals surface area contributed by atoms with Crippen LogP contribution in [0.25, 0.3) is 5.52 Å². The third kappa shape index (κ3) is 2.85. The molecule has 2 atom stereocenters. The number of nitrogens with two attached hydrogens (primary N) is 1. The lowest BCUT2D eigenvalue weighted by Gasteiger charge is -2.33. The maximum atomic E-state index is 12.1. The maximum absolute atomic E-state index is 12.1. The average Bonchev–Trinajstić information content (AvgIpc) is 3.28. The Hall–Kier alpha value is -2.57. The minimum Gasteiger partial charge on any atom is -0.379 e. The van der Waals surface area contributed by atoms with Crippen molar-refractivity contribution in [3.05, 3.63) is 24.0 Å². The van der Waals surface area contributed by atoms with Crippen LogP contribution in [0.3, 0.4) is 0 Å². The first-order chi connectivity index (χ1) is 12.8. The van der Waals surface area contributed by atoms with Crippen LogP contribution in [0.4, 0.5) is 11.4 Å². The van der Waals surface area contributed by atoms with Crippen LogP contribution in [0.2, 0.25) is 0 Å². The first kappa shape index (κ1) is 17.8. The number of nitrogens with zero attached hydrogens (tertiary/aromatic N) is 3. The molecule has 2 aliphatic rings. The van der Waals surface area contributed by atoms with Gasteiger partial charge in [0.25, 0.3) is 5.91 Å². The summed E-state index contributed by atoms with van der Waals surface area (Å²) < 4.78 is 1.72. The van der Waals surface area contributed by atoms with Gasteiger partial charge in [0, 0.05) is 19.0 Å². The fourth-order valence-electron chi connectivity index (χ4n) is 4.39. The number of hydrogen-bond donors (Lipinski definition) is 2. The number of carbonyl (C=O) groups excluding carboxylic acids is 2. The van der Waals surface area contributed by atoms with Crippen LogP contribution in [0.1, 0.15) is 56.8 Å². The highest BCUT2D eigenvalue weighted by molar-refractivity contribution is 6.03. The largest absolute Gasteiger partial charge is 0.379 e. The van der Waals surface area contributed by atoms with E-state index in [1.165, 1.54) is 6.20 Å². The van der Waals surface area contributed by atoms with E-state index in [4.69, 9.17) is 5.73 Å². The van der Waals surface area contributed by atoms with E-state index in [0.29, 0.717) is 30.1 Å². The van der Waals surface area contributed by atoms with Crippen molar-refractivity contribution in [2.75, 3.05) is 16.8 Å². The average molecular weight is 369 g/mol. The summed E-state index contributed by atoms with van der Waals surface area (Å²) in [5.41, 5.74) is 8.42. The zero-order valence-corrected chi connectivity index (χ0v) is 16.2. The molecule has 4 rings (SSSR count). The van der Waals surface area contributed by atoms with E-state index >= 15 is 0 Å². The van der Waals surface area contributed by atoms with Gasteiger partial charge in [0.1, 0.15) is 0 Å². The molecule has 0 radical (unpaired) electrons. The number of fused-ring (bicyclic) bond motifs is 1. The van der Waals surface area contributed by atoms with Crippen LogP contribution in [-0.4, -0.2) is 34.0 Å². The highest BCUT2D eigenvalue weighted by atomic mass is 16.2. The van der Waals surface area contributed by atoms with Gasteiger partial charge in [0.15, 0.2) is 0 Å². The van der Waals surface area contributed by atoms with Crippen LogP contribution in [0.15, 0.2) is 18.5 Å². The fraction of sp³-hybridized carbons (Fsp3) is 0.550. The molecular weight excluding hydrogens is 342 g/mol. The van der Waals surface area contributed by atoms with Gasteiger partial charge in [-0.05, 0) is 36.7 Å². The van der Waals surface area contributed by atoms with Crippen molar-refractivity contribution < 1.29 is 9.59 Å². The Bertz CT molecular complexity index is 916. The summed E-state index contributed by atoms with van der Waals surface area (Å²) in [4.78, 5) is 25.9. The molecule has 2 unspecified atom stereocenters. The molecule has 2 aromatic rings. The highest BCUT2D eigenvalue weighted by Crippen LogP contribution is 2.44. The zero-order chi connectivity index (χ0) is 19.3. The van der Waals surface area contributed by atoms with Crippen LogP contribution in [0, 0.1) is 11.3 Å². The summed E-state index contributed by atoms with van der Waals surface area (Å²) in [6.07, 6.45) is 6.98. The predicted octanol–water partition coefficient (Wildman–Crippen LogP) is 2.80. The first-order valence-corrected chi connectivity index (χ1v) is 9.67. The number of hydrogen-bond acceptors (Lipinski definition) is 4. The van der Waals surface area contributed by atoms with Crippen molar-refractivity contribution in [1.29, 1.82) is 0 Å². The molecule has 1 saturated heterocycles. The Balaban J connectivity index is 1.79. The Morgan fingerprint density at radius 3 is 2.74 bits per heavy atom. The molecule has 1 aliphatic carbocycles. The zero-order valence-electron chi connectivity index (χ0n) is 16.2. The van der Waals surface area contributed by atoms with Gasteiger partial charge in [-0.15, -0.1) is 0 Å². The van der Waals surface area contributed by atoms with Gasteiger partial charge in [-0.1, -0.05) is 20.8 Å². The second-order valence-corrected chi connectivity index (χ2v) is 8.47. The number of aromatic nitrogens is 2. The van der Waals surface area contributed by atoms with Gasteiger partial charge in [0.2, 0.25) is 5.91 Å². The van der Waals surface area contributed by atoms with Gasteiger partial charge in [-0.2, -0.15) is 5.10 Å². The number of carbonyl (C=O) groups is 2. The molecule has 0 spiro atoms. The fourth-order valence-corrected chi connectivity index (χ4v) is 4.39. The van der Waals surface area contributed by atoms with Crippen molar-refractivity contribution in [2.45, 2.75) is 52.5 Å². The molecule has 2 fully saturated rings. The molecule has 3 N–H and O–H groups in total. The SMILES string of the molecule is CC1CCC(Nc2c(C(N)=O)cnn3cc(N4CCCC4=O)cc23)C1(C)C. The molecule has 0 aromatic carbocycles. The molecule has 2 amide bonds. The molecule has 27 heavy (non-hydrogen) atoms. The Labute approximate surface area is 158 Å². The normalized spacial score (nSPS) is 24.7. The Morgan fingerprint density at radius 1 is 1.37 bits per heavy atom. The van der Waals surface area contributed by atoms with Gasteiger partial charge in [-0.25, -0.2) is 4.52 Å². The maximum Gasteiger partial charge on any atom is 0.252 e. The van der Waals surface area contributed by atoms with Crippen molar-refractivity contribution in [3.63, 3.8) is 0 Å². The van der Waals surface area contributed by atoms with E-state index in [2.05, 4.69) is 31.2 Å². The standard InChI is InChI=1S/C20H27N5O2/c1-12-6-7-16(20(12,2)3)23-18-14(19(21)27)10-22-25-11-13(9-15(18)25)24-8-4-5-17(24)26/h9-12,16,23H,4-8H2,1-3H3,(H2,21,27). The van der Waals surface area contributed by atoms with Crippen LogP contribution in [-0.2, 0) is 4.79 Å². The topological polar surface area (TPSA) is 92.7 Å². The molecular formula is C20H27N5O2. The van der Waals surface area contributed by atoms with Gasteiger partial charge in [0.05, 0.1) is 34.8 Å². The summed E-state index contributed by atoms with van der Waals surface area (Å²) in [5, 5.41) is 7.95. The second-order valence-electron chi connectivity index (χ2n) is 8.47. The minimum absolute atomic E-state index is 0.107. The molecule has 1 aliphatic heterocycles. The van der Waals surface area contributed by atoms with Crippen LogP contribution in [0.5, 0.6) is 0 Å². The van der Waals surface area contributed by atoms with Crippen molar-refractivity contribution in [1.82, 2.24) is 9.61 Å². The van der Waals surface area contributed by atoms with Crippen LogP contribution < -0.4 is 16.0 Å². The van der Waals surface area contributed by atoms with Gasteiger partial charge >= 0.3 is 0 Å². The summed E-state index contributed by atoms with van der Waals surface area (Å²) in [6.45, 7) is 7.51. The minimum atomic E-state index is -0.503. The molecule has 144 valence electrons. The lowest BCUT2D eigenvalue weighted by Crippen LogP contribution is -2.35. The number of nitrogens with one attached hydrogen (secondary N) is 1. The van der Waals surface area contributed by atoms with Gasteiger partial charge in [-0.3, -0.25) is 9.59 Å². The summed E-state index contributed by atoms with van der Waals surface area (Å²) in [5.74, 6) is 0.215. The highest BCUT2D eigenvalue weighted by Gasteiger charge is 2.41. The lowest BCUT2D eigenvalue weighted by atomic mass is 9.80. The Morgan fingerprint density at radius 2 is 2.15 bits per heavy atom. The molecule has 7 nitrogen and oxygen atoms in total. The van der Waals surface area contributed by atoms with E-state index in [-0.39, 0.29) is 17.4 Å². The van der Waals surface area contributed by atoms with Gasteiger partial charge < -0.3 is 16.0 Å². The second kappa shape index (κ2) is 6.25. The summed E-state index contributed by atoms with van der Waals surface area (Å²) in [6, 6.07) is 2.17.